The number of hydrogen-bond acceptors (Lipinski definition) is 4. The van der Waals surface area contributed by atoms with Crippen molar-refractivity contribution in [1.82, 2.24) is 10.6 Å². The fourth-order valence-electron chi connectivity index (χ4n) is 1.33. The van der Waals surface area contributed by atoms with Gasteiger partial charge in [0, 0.05) is 26.1 Å². The van der Waals surface area contributed by atoms with E-state index in [1.807, 2.05) is 0 Å². The first-order valence-electron chi connectivity index (χ1n) is 5.90. The molecule has 1 aromatic carbocycles. The molecule has 1 aromatic rings. The van der Waals surface area contributed by atoms with Crippen LogP contribution in [-0.4, -0.2) is 38.6 Å². The van der Waals surface area contributed by atoms with E-state index in [0.29, 0.717) is 24.6 Å². The minimum Gasteiger partial charge on any atom is -0.497 e. The van der Waals surface area contributed by atoms with Crippen LogP contribution in [0.5, 0.6) is 11.5 Å². The van der Waals surface area contributed by atoms with E-state index in [1.165, 1.54) is 6.92 Å². The summed E-state index contributed by atoms with van der Waals surface area (Å²) in [6.07, 6.45) is 0. The van der Waals surface area contributed by atoms with Crippen molar-refractivity contribution >= 4 is 11.8 Å². The first-order valence-corrected chi connectivity index (χ1v) is 5.90. The third-order valence-corrected chi connectivity index (χ3v) is 2.23. The van der Waals surface area contributed by atoms with Crippen molar-refractivity contribution in [2.45, 2.75) is 6.92 Å². The minimum absolute atomic E-state index is 0.0762. The zero-order valence-corrected chi connectivity index (χ0v) is 11.1. The molecule has 2 amide bonds. The van der Waals surface area contributed by atoms with Gasteiger partial charge in [-0.1, -0.05) is 6.07 Å². The number of nitrogens with one attached hydrogen (secondary N) is 2. The smallest absolute Gasteiger partial charge is 0.258 e. The van der Waals surface area contributed by atoms with Gasteiger partial charge in [-0.3, -0.25) is 9.59 Å². The van der Waals surface area contributed by atoms with Gasteiger partial charge in [-0.15, -0.1) is 0 Å². The van der Waals surface area contributed by atoms with Gasteiger partial charge in [-0.05, 0) is 12.1 Å². The predicted molar refractivity (Wildman–Crippen MR) is 70.2 cm³/mol. The molecule has 0 saturated heterocycles. The minimum atomic E-state index is -0.242. The quantitative estimate of drug-likeness (QED) is 0.697. The van der Waals surface area contributed by atoms with Crippen molar-refractivity contribution in [1.29, 1.82) is 0 Å². The van der Waals surface area contributed by atoms with Gasteiger partial charge in [0.15, 0.2) is 6.61 Å². The highest BCUT2D eigenvalue weighted by Gasteiger charge is 2.03. The van der Waals surface area contributed by atoms with Crippen LogP contribution < -0.4 is 20.1 Å². The van der Waals surface area contributed by atoms with Crippen LogP contribution >= 0.6 is 0 Å². The van der Waals surface area contributed by atoms with E-state index in [2.05, 4.69) is 10.6 Å². The summed E-state index contributed by atoms with van der Waals surface area (Å²) in [5.74, 6) is 0.870. The third kappa shape index (κ3) is 6.30. The van der Waals surface area contributed by atoms with Crippen LogP contribution in [0.4, 0.5) is 0 Å². The van der Waals surface area contributed by atoms with Gasteiger partial charge in [0.25, 0.3) is 5.91 Å². The molecule has 0 heterocycles. The van der Waals surface area contributed by atoms with Gasteiger partial charge >= 0.3 is 0 Å². The van der Waals surface area contributed by atoms with E-state index >= 15 is 0 Å². The van der Waals surface area contributed by atoms with Gasteiger partial charge in [-0.25, -0.2) is 0 Å². The second kappa shape index (κ2) is 7.97. The summed E-state index contributed by atoms with van der Waals surface area (Å²) < 4.78 is 10.4. The maximum atomic E-state index is 11.4. The van der Waals surface area contributed by atoms with Crippen molar-refractivity contribution in [2.75, 3.05) is 26.8 Å². The summed E-state index contributed by atoms with van der Waals surface area (Å²) in [6.45, 7) is 2.13. The molecule has 6 heteroatoms. The van der Waals surface area contributed by atoms with Crippen molar-refractivity contribution in [3.05, 3.63) is 24.3 Å². The molecule has 0 fully saturated rings. The van der Waals surface area contributed by atoms with Crippen LogP contribution in [0.1, 0.15) is 6.92 Å². The third-order valence-electron chi connectivity index (χ3n) is 2.23. The fourth-order valence-corrected chi connectivity index (χ4v) is 1.33. The molecule has 6 nitrogen and oxygen atoms in total. The molecule has 0 atom stereocenters. The molecule has 0 aliphatic carbocycles. The molecule has 2 N–H and O–H groups in total. The molecule has 0 unspecified atom stereocenters. The van der Waals surface area contributed by atoms with Gasteiger partial charge in [0.05, 0.1) is 7.11 Å². The van der Waals surface area contributed by atoms with Crippen LogP contribution in [0.25, 0.3) is 0 Å². The summed E-state index contributed by atoms with van der Waals surface area (Å²) in [6, 6.07) is 7.01. The Bertz CT molecular complexity index is 434. The number of methoxy groups -OCH3 is 1. The Labute approximate surface area is 112 Å². The Morgan fingerprint density at radius 2 is 1.84 bits per heavy atom. The monoisotopic (exact) mass is 266 g/mol. The van der Waals surface area contributed by atoms with E-state index in [4.69, 9.17) is 9.47 Å². The molecule has 0 bridgehead atoms. The molecule has 0 radical (unpaired) electrons. The highest BCUT2D eigenvalue weighted by molar-refractivity contribution is 5.77. The van der Waals surface area contributed by atoms with Gasteiger partial charge in [-0.2, -0.15) is 0 Å². The summed E-state index contributed by atoms with van der Waals surface area (Å²) in [4.78, 5) is 22.0. The number of carbonyl (C=O) groups excluding carboxylic acids is 2. The van der Waals surface area contributed by atoms with E-state index in [0.717, 1.165) is 0 Å². The first-order chi connectivity index (χ1) is 9.11. The molecule has 0 aromatic heterocycles. The van der Waals surface area contributed by atoms with E-state index < -0.39 is 0 Å². The second-order valence-corrected chi connectivity index (χ2v) is 3.80. The number of amides is 2. The summed E-state index contributed by atoms with van der Waals surface area (Å²) in [5.41, 5.74) is 0. The van der Waals surface area contributed by atoms with E-state index in [9.17, 15) is 9.59 Å². The van der Waals surface area contributed by atoms with E-state index in [-0.39, 0.29) is 18.4 Å². The van der Waals surface area contributed by atoms with Gasteiger partial charge in [0.1, 0.15) is 11.5 Å². The number of hydrogen-bond donors (Lipinski definition) is 2. The van der Waals surface area contributed by atoms with E-state index in [1.54, 1.807) is 31.4 Å². The van der Waals surface area contributed by atoms with Gasteiger partial charge < -0.3 is 20.1 Å². The summed E-state index contributed by atoms with van der Waals surface area (Å²) in [7, 11) is 1.56. The zero-order valence-electron chi connectivity index (χ0n) is 11.1. The number of benzene rings is 1. The highest BCUT2D eigenvalue weighted by atomic mass is 16.5. The lowest BCUT2D eigenvalue weighted by Gasteiger charge is -2.08. The molecule has 0 saturated carbocycles. The maximum Gasteiger partial charge on any atom is 0.258 e. The van der Waals surface area contributed by atoms with Crippen LogP contribution in [0, 0.1) is 0 Å². The van der Waals surface area contributed by atoms with Crippen molar-refractivity contribution in [2.24, 2.45) is 0 Å². The topological polar surface area (TPSA) is 76.7 Å². The Morgan fingerprint density at radius 3 is 2.53 bits per heavy atom. The Balaban J connectivity index is 2.24. The lowest BCUT2D eigenvalue weighted by atomic mass is 10.3. The molecular weight excluding hydrogens is 248 g/mol. The standard InChI is InChI=1S/C13H18N2O4/c1-10(16)14-6-7-15-13(17)9-19-12-5-3-4-11(8-12)18-2/h3-5,8H,6-7,9H2,1-2H3,(H,14,16)(H,15,17). The number of rotatable bonds is 7. The normalized spacial score (nSPS) is 9.58. The molecule has 0 aliphatic rings. The van der Waals surface area contributed by atoms with Crippen LogP contribution in [0.2, 0.25) is 0 Å². The average Bonchev–Trinajstić information content (AvgIpc) is 2.41. The lowest BCUT2D eigenvalue weighted by molar-refractivity contribution is -0.123. The maximum absolute atomic E-state index is 11.4. The van der Waals surface area contributed by atoms with Crippen molar-refractivity contribution in [3.63, 3.8) is 0 Å². The second-order valence-electron chi connectivity index (χ2n) is 3.80. The SMILES string of the molecule is COc1cccc(OCC(=O)NCCNC(C)=O)c1. The largest absolute Gasteiger partial charge is 0.497 e. The van der Waals surface area contributed by atoms with Crippen LogP contribution in [-0.2, 0) is 9.59 Å². The molecule has 0 spiro atoms. The zero-order chi connectivity index (χ0) is 14.1. The van der Waals surface area contributed by atoms with Gasteiger partial charge in [0.2, 0.25) is 5.91 Å². The predicted octanol–water partition coefficient (Wildman–Crippen LogP) is 0.326. The fraction of sp³-hybridized carbons (Fsp3) is 0.385. The lowest BCUT2D eigenvalue weighted by Crippen LogP contribution is -2.36. The molecular formula is C13H18N2O4. The van der Waals surface area contributed by atoms with Crippen molar-refractivity contribution in [3.8, 4) is 11.5 Å². The summed E-state index contributed by atoms with van der Waals surface area (Å²) >= 11 is 0. The molecule has 104 valence electrons. The Kier molecular flexibility index (Phi) is 6.21. The first kappa shape index (κ1) is 14.8. The summed E-state index contributed by atoms with van der Waals surface area (Å²) in [5, 5.41) is 5.21. The van der Waals surface area contributed by atoms with Crippen molar-refractivity contribution < 1.29 is 19.1 Å². The molecule has 19 heavy (non-hydrogen) atoms. The van der Waals surface area contributed by atoms with Crippen LogP contribution in [0.15, 0.2) is 24.3 Å². The average molecular weight is 266 g/mol. The number of ether oxygens (including phenoxy) is 2. The Morgan fingerprint density at radius 1 is 1.16 bits per heavy atom. The molecule has 0 aliphatic heterocycles. The number of carbonyl (C=O) groups is 2. The highest BCUT2D eigenvalue weighted by Crippen LogP contribution is 2.18. The Hall–Kier alpha value is -2.24. The van der Waals surface area contributed by atoms with Crippen LogP contribution in [0.3, 0.4) is 0 Å². The molecule has 1 rings (SSSR count).